The van der Waals surface area contributed by atoms with Crippen molar-refractivity contribution in [2.45, 2.75) is 5.41 Å². The second kappa shape index (κ2) is 11.8. The van der Waals surface area contributed by atoms with E-state index in [0.29, 0.717) is 11.4 Å². The summed E-state index contributed by atoms with van der Waals surface area (Å²) in [6, 6.07) is 63.0. The quantitative estimate of drug-likeness (QED) is 0.188. The van der Waals surface area contributed by atoms with Crippen molar-refractivity contribution < 1.29 is 4.74 Å². The monoisotopic (exact) mass is 663 g/mol. The zero-order chi connectivity index (χ0) is 34.6. The average Bonchev–Trinajstić information content (AvgIpc) is 3.52. The maximum Gasteiger partial charge on any atom is 0.160 e. The molecule has 1 aromatic heterocycles. The molecule has 0 atom stereocenters. The van der Waals surface area contributed by atoms with E-state index in [1.54, 1.807) is 0 Å². The van der Waals surface area contributed by atoms with E-state index in [-0.39, 0.29) is 0 Å². The lowest BCUT2D eigenvalue weighted by Crippen LogP contribution is -2.32. The van der Waals surface area contributed by atoms with Crippen molar-refractivity contribution in [3.8, 4) is 73.7 Å². The molecule has 8 aromatic rings. The van der Waals surface area contributed by atoms with Crippen LogP contribution in [0.4, 0.5) is 0 Å². The molecule has 0 bridgehead atoms. The fourth-order valence-corrected chi connectivity index (χ4v) is 8.05. The third-order valence-corrected chi connectivity index (χ3v) is 10.4. The predicted molar refractivity (Wildman–Crippen MR) is 206 cm³/mol. The Bertz CT molecular complexity index is 2610. The third-order valence-electron chi connectivity index (χ3n) is 10.4. The maximum atomic E-state index is 9.45. The lowest BCUT2D eigenvalue weighted by molar-refractivity contribution is 0.436. The van der Waals surface area contributed by atoms with Gasteiger partial charge in [0.1, 0.15) is 11.5 Å². The van der Waals surface area contributed by atoms with Crippen LogP contribution in [0.2, 0.25) is 0 Å². The molecule has 0 saturated heterocycles. The number of benzene rings is 7. The zero-order valence-electron chi connectivity index (χ0n) is 28.0. The Labute approximate surface area is 301 Å². The molecule has 4 nitrogen and oxygen atoms in total. The third kappa shape index (κ3) is 4.54. The molecule has 52 heavy (non-hydrogen) atoms. The topological polar surface area (TPSA) is 58.8 Å². The first kappa shape index (κ1) is 29.8. The minimum absolute atomic E-state index is 0.636. The van der Waals surface area contributed by atoms with E-state index in [9.17, 15) is 5.26 Å². The van der Waals surface area contributed by atoms with Gasteiger partial charge in [-0.15, -0.1) is 0 Å². The van der Waals surface area contributed by atoms with Gasteiger partial charge in [-0.05, 0) is 81.9 Å². The van der Waals surface area contributed by atoms with Crippen LogP contribution in [-0.2, 0) is 5.41 Å². The van der Waals surface area contributed by atoms with E-state index < -0.39 is 5.41 Å². The lowest BCUT2D eigenvalue weighted by Gasteiger charge is -2.40. The average molecular weight is 664 g/mol. The number of rotatable bonds is 4. The standard InChI is InChI=1S/C48H29N3O/c49-30-31-19-21-32(22-20-31)35-23-25-45-41(27-35)48(39-17-9-7-15-37(39)38-16-8-10-18-40(38)48)42-28-36(24-26-46(42)52-45)44-29-43(33-11-3-1-4-12-33)50-47(51-44)34-13-5-2-6-14-34/h1-29H. The van der Waals surface area contributed by atoms with Crippen molar-refractivity contribution in [1.82, 2.24) is 9.97 Å². The van der Waals surface area contributed by atoms with Crippen molar-refractivity contribution in [1.29, 1.82) is 5.26 Å². The van der Waals surface area contributed by atoms with Gasteiger partial charge in [0.05, 0.1) is 28.4 Å². The lowest BCUT2D eigenvalue weighted by atomic mass is 9.65. The fraction of sp³-hybridized carbons (Fsp3) is 0.0208. The van der Waals surface area contributed by atoms with E-state index in [0.717, 1.165) is 61.8 Å². The second-order valence-corrected chi connectivity index (χ2v) is 13.2. The Morgan fingerprint density at radius 3 is 1.54 bits per heavy atom. The van der Waals surface area contributed by atoms with Gasteiger partial charge in [-0.3, -0.25) is 0 Å². The molecule has 0 N–H and O–H groups in total. The Hall–Kier alpha value is -7.09. The van der Waals surface area contributed by atoms with E-state index in [1.165, 1.54) is 22.3 Å². The van der Waals surface area contributed by atoms with Crippen molar-refractivity contribution >= 4 is 0 Å². The molecule has 0 fully saturated rings. The fourth-order valence-electron chi connectivity index (χ4n) is 8.05. The van der Waals surface area contributed by atoms with Gasteiger partial charge in [0, 0.05) is 27.8 Å². The summed E-state index contributed by atoms with van der Waals surface area (Å²) in [5.41, 5.74) is 13.7. The van der Waals surface area contributed by atoms with Crippen molar-refractivity contribution in [2.24, 2.45) is 0 Å². The summed E-state index contributed by atoms with van der Waals surface area (Å²) in [6.07, 6.45) is 0. The number of nitrogens with zero attached hydrogens (tertiary/aromatic N) is 3. The van der Waals surface area contributed by atoms with Crippen LogP contribution in [0.25, 0.3) is 56.2 Å². The Morgan fingerprint density at radius 1 is 0.423 bits per heavy atom. The first-order valence-corrected chi connectivity index (χ1v) is 17.4. The van der Waals surface area contributed by atoms with Gasteiger partial charge < -0.3 is 4.74 Å². The van der Waals surface area contributed by atoms with Crippen molar-refractivity contribution in [2.75, 3.05) is 0 Å². The minimum Gasteiger partial charge on any atom is -0.457 e. The molecule has 1 spiro atoms. The van der Waals surface area contributed by atoms with Gasteiger partial charge in [0.2, 0.25) is 0 Å². The van der Waals surface area contributed by atoms with Gasteiger partial charge >= 0.3 is 0 Å². The van der Waals surface area contributed by atoms with Crippen LogP contribution in [-0.4, -0.2) is 9.97 Å². The van der Waals surface area contributed by atoms with E-state index >= 15 is 0 Å². The molecule has 0 radical (unpaired) electrons. The molecule has 0 saturated carbocycles. The van der Waals surface area contributed by atoms with Crippen molar-refractivity contribution in [3.05, 3.63) is 204 Å². The van der Waals surface area contributed by atoms with Crippen LogP contribution in [0.1, 0.15) is 27.8 Å². The van der Waals surface area contributed by atoms with E-state index in [1.807, 2.05) is 60.7 Å². The van der Waals surface area contributed by atoms with E-state index in [2.05, 4.69) is 121 Å². The molecule has 2 heterocycles. The summed E-state index contributed by atoms with van der Waals surface area (Å²) in [7, 11) is 0. The highest BCUT2D eigenvalue weighted by Crippen LogP contribution is 2.62. The highest BCUT2D eigenvalue weighted by molar-refractivity contribution is 5.90. The Morgan fingerprint density at radius 2 is 0.923 bits per heavy atom. The van der Waals surface area contributed by atoms with Gasteiger partial charge in [-0.1, -0.05) is 127 Å². The molecule has 7 aromatic carbocycles. The number of ether oxygens (including phenoxy) is 1. The van der Waals surface area contributed by atoms with Crippen molar-refractivity contribution in [3.63, 3.8) is 0 Å². The highest BCUT2D eigenvalue weighted by Gasteiger charge is 2.51. The molecule has 0 amide bonds. The van der Waals surface area contributed by atoms with Crippen LogP contribution >= 0.6 is 0 Å². The number of hydrogen-bond acceptors (Lipinski definition) is 4. The molecular formula is C48H29N3O. The number of aromatic nitrogens is 2. The molecule has 1 aliphatic carbocycles. The van der Waals surface area contributed by atoms with Gasteiger partial charge in [0.15, 0.2) is 5.82 Å². The molecule has 10 rings (SSSR count). The predicted octanol–water partition coefficient (Wildman–Crippen LogP) is 11.5. The number of hydrogen-bond donors (Lipinski definition) is 0. The van der Waals surface area contributed by atoms with Crippen LogP contribution in [0, 0.1) is 11.3 Å². The Balaban J connectivity index is 1.24. The summed E-state index contributed by atoms with van der Waals surface area (Å²) in [4.78, 5) is 10.2. The van der Waals surface area contributed by atoms with Crippen LogP contribution < -0.4 is 4.74 Å². The zero-order valence-corrected chi connectivity index (χ0v) is 28.0. The van der Waals surface area contributed by atoms with Crippen LogP contribution in [0.3, 0.4) is 0 Å². The van der Waals surface area contributed by atoms with Crippen LogP contribution in [0.5, 0.6) is 11.5 Å². The maximum absolute atomic E-state index is 9.45. The smallest absolute Gasteiger partial charge is 0.160 e. The van der Waals surface area contributed by atoms with Gasteiger partial charge in [-0.25, -0.2) is 9.97 Å². The second-order valence-electron chi connectivity index (χ2n) is 13.2. The molecule has 0 unspecified atom stereocenters. The van der Waals surface area contributed by atoms with Gasteiger partial charge in [-0.2, -0.15) is 5.26 Å². The summed E-state index contributed by atoms with van der Waals surface area (Å²) in [5.74, 6) is 2.31. The molecule has 4 heteroatoms. The summed E-state index contributed by atoms with van der Waals surface area (Å²) in [6.45, 7) is 0. The largest absolute Gasteiger partial charge is 0.457 e. The van der Waals surface area contributed by atoms with Gasteiger partial charge in [0.25, 0.3) is 0 Å². The summed E-state index contributed by atoms with van der Waals surface area (Å²) >= 11 is 0. The first-order valence-electron chi connectivity index (χ1n) is 17.4. The summed E-state index contributed by atoms with van der Waals surface area (Å²) < 4.78 is 6.82. The number of nitriles is 1. The highest BCUT2D eigenvalue weighted by atomic mass is 16.5. The van der Waals surface area contributed by atoms with Crippen LogP contribution in [0.15, 0.2) is 176 Å². The summed E-state index contributed by atoms with van der Waals surface area (Å²) in [5, 5.41) is 9.45. The normalized spacial score (nSPS) is 12.9. The molecule has 242 valence electrons. The minimum atomic E-state index is -0.660. The molecular weight excluding hydrogens is 635 g/mol. The molecule has 2 aliphatic rings. The Kier molecular flexibility index (Phi) is 6.74. The molecule has 1 aliphatic heterocycles. The SMILES string of the molecule is N#Cc1ccc(-c2ccc3c(c2)C2(c4cc(-c5cc(-c6ccccc6)nc(-c6ccccc6)n5)ccc4O3)c3ccccc3-c3ccccc32)cc1. The first-order chi connectivity index (χ1) is 25.7. The van der Waals surface area contributed by atoms with E-state index in [4.69, 9.17) is 14.7 Å². The number of fused-ring (bicyclic) bond motifs is 9.